The molecule has 1 aromatic carbocycles. The average molecular weight is 330 g/mol. The number of nitrogen functional groups attached to an aromatic ring is 1. The second kappa shape index (κ2) is 5.43. The summed E-state index contributed by atoms with van der Waals surface area (Å²) in [5.74, 6) is 0. The highest BCUT2D eigenvalue weighted by atomic mass is 35.5. The maximum Gasteiger partial charge on any atom is 0.240 e. The van der Waals surface area contributed by atoms with E-state index in [1.165, 1.54) is 25.0 Å². The Morgan fingerprint density at radius 2 is 2.05 bits per heavy atom. The minimum Gasteiger partial charge on any atom is -0.398 e. The number of sulfonamides is 1. The molecule has 1 aromatic rings. The number of nitrogens with one attached hydrogen (secondary N) is 1. The fraction of sp³-hybridized carbons (Fsp3) is 0.571. The lowest BCUT2D eigenvalue weighted by Crippen LogP contribution is -2.37. The van der Waals surface area contributed by atoms with Crippen molar-refractivity contribution in [3.63, 3.8) is 0 Å². The molecule has 3 rings (SSSR count). The van der Waals surface area contributed by atoms with Gasteiger partial charge in [0.15, 0.2) is 0 Å². The zero-order valence-corrected chi connectivity index (χ0v) is 13.5. The Bertz CT molecular complexity index is 635. The lowest BCUT2D eigenvalue weighted by Gasteiger charge is -2.16. The summed E-state index contributed by atoms with van der Waals surface area (Å²) in [5, 5.41) is 0.376. The van der Waals surface area contributed by atoms with E-state index >= 15 is 0 Å². The van der Waals surface area contributed by atoms with Crippen LogP contribution in [0.5, 0.6) is 0 Å². The first-order valence-corrected chi connectivity index (χ1v) is 9.05. The van der Waals surface area contributed by atoms with Crippen molar-refractivity contribution in [1.29, 1.82) is 0 Å². The fourth-order valence-electron chi connectivity index (χ4n) is 2.77. The fourth-order valence-corrected chi connectivity index (χ4v) is 4.39. The maximum atomic E-state index is 12.5. The van der Waals surface area contributed by atoms with Crippen LogP contribution in [0.2, 0.25) is 5.02 Å². The van der Waals surface area contributed by atoms with Crippen molar-refractivity contribution in [3.8, 4) is 0 Å². The molecule has 1 heterocycles. The Morgan fingerprint density at radius 3 is 2.67 bits per heavy atom. The van der Waals surface area contributed by atoms with Gasteiger partial charge in [-0.3, -0.25) is 4.90 Å². The largest absolute Gasteiger partial charge is 0.398 e. The molecular weight excluding hydrogens is 310 g/mol. The van der Waals surface area contributed by atoms with Gasteiger partial charge in [0.1, 0.15) is 0 Å². The van der Waals surface area contributed by atoms with Crippen molar-refractivity contribution in [2.45, 2.75) is 43.2 Å². The summed E-state index contributed by atoms with van der Waals surface area (Å²) in [6, 6.07) is 3.57. The van der Waals surface area contributed by atoms with Gasteiger partial charge in [0, 0.05) is 35.9 Å². The number of nitrogens with two attached hydrogens (primary N) is 1. The summed E-state index contributed by atoms with van der Waals surface area (Å²) in [4.78, 5) is 2.50. The van der Waals surface area contributed by atoms with E-state index < -0.39 is 10.0 Å². The zero-order valence-electron chi connectivity index (χ0n) is 12.0. The minimum absolute atomic E-state index is 0.0306. The molecule has 1 aliphatic carbocycles. The van der Waals surface area contributed by atoms with Crippen LogP contribution in [-0.4, -0.2) is 38.5 Å². The van der Waals surface area contributed by atoms with Gasteiger partial charge in [-0.2, -0.15) is 0 Å². The molecule has 0 aromatic heterocycles. The lowest BCUT2D eigenvalue weighted by molar-refractivity contribution is 0.322. The second-order valence-electron chi connectivity index (χ2n) is 5.95. The van der Waals surface area contributed by atoms with Gasteiger partial charge < -0.3 is 5.73 Å². The van der Waals surface area contributed by atoms with E-state index in [0.717, 1.165) is 19.5 Å². The Labute approximate surface area is 130 Å². The molecule has 0 amide bonds. The number of benzene rings is 1. The van der Waals surface area contributed by atoms with Crippen molar-refractivity contribution >= 4 is 27.3 Å². The predicted octanol–water partition coefficient (Wildman–Crippen LogP) is 1.75. The third-order valence-corrected chi connectivity index (χ3v) is 6.17. The molecular formula is C14H20ClN3O2S. The number of rotatable bonds is 4. The highest BCUT2D eigenvalue weighted by molar-refractivity contribution is 7.89. The van der Waals surface area contributed by atoms with Crippen LogP contribution < -0.4 is 10.5 Å². The predicted molar refractivity (Wildman–Crippen MR) is 83.9 cm³/mol. The Morgan fingerprint density at radius 1 is 1.33 bits per heavy atom. The minimum atomic E-state index is -3.58. The standard InChI is InChI=1S/C14H20ClN3O2S/c1-9-13(15)6-12(7-14(9)16)21(19,20)17-10-4-5-18(8-10)11-2-3-11/h6-7,10-11,17H,2-5,8,16H2,1H3. The molecule has 0 spiro atoms. The summed E-state index contributed by atoms with van der Waals surface area (Å²) in [6.07, 6.45) is 3.33. The first kappa shape index (κ1) is 15.1. The molecule has 1 unspecified atom stereocenters. The van der Waals surface area contributed by atoms with Crippen LogP contribution in [0.15, 0.2) is 17.0 Å². The number of nitrogens with zero attached hydrogens (tertiary/aromatic N) is 1. The Kier molecular flexibility index (Phi) is 3.90. The van der Waals surface area contributed by atoms with Crippen molar-refractivity contribution < 1.29 is 8.42 Å². The van der Waals surface area contributed by atoms with Gasteiger partial charge in [-0.05, 0) is 43.9 Å². The number of halogens is 1. The molecule has 5 nitrogen and oxygen atoms in total. The van der Waals surface area contributed by atoms with Gasteiger partial charge in [-0.1, -0.05) is 11.6 Å². The van der Waals surface area contributed by atoms with Crippen molar-refractivity contribution in [2.24, 2.45) is 0 Å². The van der Waals surface area contributed by atoms with Gasteiger partial charge in [0.2, 0.25) is 10.0 Å². The maximum absolute atomic E-state index is 12.5. The van der Waals surface area contributed by atoms with E-state index in [0.29, 0.717) is 22.3 Å². The van der Waals surface area contributed by atoms with Gasteiger partial charge in [-0.15, -0.1) is 0 Å². The highest BCUT2D eigenvalue weighted by Crippen LogP contribution is 2.30. The van der Waals surface area contributed by atoms with Crippen LogP contribution in [0.4, 0.5) is 5.69 Å². The summed E-state index contributed by atoms with van der Waals surface area (Å²) in [7, 11) is -3.58. The Hall–Kier alpha value is -0.820. The smallest absolute Gasteiger partial charge is 0.240 e. The van der Waals surface area contributed by atoms with Crippen LogP contribution in [0.1, 0.15) is 24.8 Å². The van der Waals surface area contributed by atoms with Crippen LogP contribution in [0.25, 0.3) is 0 Å². The summed E-state index contributed by atoms with van der Waals surface area (Å²) in [6.45, 7) is 3.53. The third-order valence-electron chi connectivity index (χ3n) is 4.27. The molecule has 1 aliphatic heterocycles. The molecule has 1 atom stereocenters. The van der Waals surface area contributed by atoms with Crippen molar-refractivity contribution in [3.05, 3.63) is 22.7 Å². The topological polar surface area (TPSA) is 75.4 Å². The normalized spacial score (nSPS) is 23.6. The molecule has 21 heavy (non-hydrogen) atoms. The van der Waals surface area contributed by atoms with E-state index in [4.69, 9.17) is 17.3 Å². The van der Waals surface area contributed by atoms with Crippen molar-refractivity contribution in [1.82, 2.24) is 9.62 Å². The highest BCUT2D eigenvalue weighted by Gasteiger charge is 2.35. The average Bonchev–Trinajstić information content (AvgIpc) is 3.16. The third kappa shape index (κ3) is 3.18. The van der Waals surface area contributed by atoms with Gasteiger partial charge >= 0.3 is 0 Å². The molecule has 2 aliphatic rings. The molecule has 1 saturated heterocycles. The lowest BCUT2D eigenvalue weighted by atomic mass is 10.2. The summed E-state index contributed by atoms with van der Waals surface area (Å²) < 4.78 is 27.7. The van der Waals surface area contributed by atoms with Gasteiger partial charge in [0.25, 0.3) is 0 Å². The quantitative estimate of drug-likeness (QED) is 0.825. The van der Waals surface area contributed by atoms with Crippen LogP contribution in [-0.2, 0) is 10.0 Å². The van der Waals surface area contributed by atoms with Gasteiger partial charge in [-0.25, -0.2) is 13.1 Å². The number of hydrogen-bond acceptors (Lipinski definition) is 4. The molecule has 0 radical (unpaired) electrons. The van der Waals surface area contributed by atoms with Crippen LogP contribution >= 0.6 is 11.6 Å². The summed E-state index contributed by atoms with van der Waals surface area (Å²) in [5.41, 5.74) is 6.91. The van der Waals surface area contributed by atoms with E-state index in [2.05, 4.69) is 9.62 Å². The molecule has 7 heteroatoms. The van der Waals surface area contributed by atoms with E-state index in [-0.39, 0.29) is 10.9 Å². The van der Waals surface area contributed by atoms with Crippen LogP contribution in [0.3, 0.4) is 0 Å². The first-order chi connectivity index (χ1) is 9.87. The second-order valence-corrected chi connectivity index (χ2v) is 8.07. The molecule has 3 N–H and O–H groups in total. The van der Waals surface area contributed by atoms with Gasteiger partial charge in [0.05, 0.1) is 4.90 Å². The number of hydrogen-bond donors (Lipinski definition) is 2. The summed E-state index contributed by atoms with van der Waals surface area (Å²) >= 11 is 6.03. The monoisotopic (exact) mass is 329 g/mol. The molecule has 0 bridgehead atoms. The van der Waals surface area contributed by atoms with Crippen molar-refractivity contribution in [2.75, 3.05) is 18.8 Å². The number of anilines is 1. The van der Waals surface area contributed by atoms with Crippen LogP contribution in [0, 0.1) is 6.92 Å². The SMILES string of the molecule is Cc1c(N)cc(S(=O)(=O)NC2CCN(C3CC3)C2)cc1Cl. The molecule has 2 fully saturated rings. The zero-order chi connectivity index (χ0) is 15.2. The molecule has 116 valence electrons. The first-order valence-electron chi connectivity index (χ1n) is 7.19. The van der Waals surface area contributed by atoms with E-state index in [1.54, 1.807) is 6.92 Å². The van der Waals surface area contributed by atoms with E-state index in [9.17, 15) is 8.42 Å². The number of likely N-dealkylation sites (tertiary alicyclic amines) is 1. The molecule has 1 saturated carbocycles. The van der Waals surface area contributed by atoms with E-state index in [1.807, 2.05) is 0 Å². The Balaban J connectivity index is 1.75.